The summed E-state index contributed by atoms with van der Waals surface area (Å²) >= 11 is 0. The lowest BCUT2D eigenvalue weighted by Gasteiger charge is -2.29. The molecule has 1 aliphatic carbocycles. The van der Waals surface area contributed by atoms with Crippen molar-refractivity contribution in [2.45, 2.75) is 57.5 Å². The SMILES string of the molecule is CCC(C(=O)O)N1CCCN(C2CCCC2)CC1. The van der Waals surface area contributed by atoms with E-state index in [1.165, 1.54) is 25.7 Å². The van der Waals surface area contributed by atoms with E-state index < -0.39 is 5.97 Å². The molecule has 0 radical (unpaired) electrons. The fourth-order valence-corrected chi connectivity index (χ4v) is 3.49. The molecule has 1 unspecified atom stereocenters. The second-order valence-corrected chi connectivity index (χ2v) is 5.63. The highest BCUT2D eigenvalue weighted by molar-refractivity contribution is 5.73. The average molecular weight is 254 g/mol. The Hall–Kier alpha value is -0.610. The van der Waals surface area contributed by atoms with Crippen LogP contribution in [0.25, 0.3) is 0 Å². The number of rotatable bonds is 4. The molecule has 1 saturated heterocycles. The van der Waals surface area contributed by atoms with Crippen molar-refractivity contribution >= 4 is 5.97 Å². The lowest BCUT2D eigenvalue weighted by Crippen LogP contribution is -2.43. The molecule has 2 fully saturated rings. The average Bonchev–Trinajstić information content (AvgIpc) is 2.77. The van der Waals surface area contributed by atoms with E-state index in [9.17, 15) is 9.90 Å². The minimum atomic E-state index is -0.660. The van der Waals surface area contributed by atoms with E-state index in [2.05, 4.69) is 9.80 Å². The summed E-state index contributed by atoms with van der Waals surface area (Å²) in [4.78, 5) is 16.0. The van der Waals surface area contributed by atoms with Gasteiger partial charge in [0.15, 0.2) is 0 Å². The molecule has 1 N–H and O–H groups in total. The highest BCUT2D eigenvalue weighted by atomic mass is 16.4. The minimum absolute atomic E-state index is 0.284. The molecule has 2 aliphatic rings. The number of nitrogens with zero attached hydrogens (tertiary/aromatic N) is 2. The zero-order valence-electron chi connectivity index (χ0n) is 11.5. The fourth-order valence-electron chi connectivity index (χ4n) is 3.49. The molecule has 1 atom stereocenters. The number of hydrogen-bond donors (Lipinski definition) is 1. The summed E-state index contributed by atoms with van der Waals surface area (Å²) in [6.07, 6.45) is 7.25. The number of hydrogen-bond acceptors (Lipinski definition) is 3. The Morgan fingerprint density at radius 2 is 1.89 bits per heavy atom. The van der Waals surface area contributed by atoms with E-state index in [-0.39, 0.29) is 6.04 Å². The highest BCUT2D eigenvalue weighted by Crippen LogP contribution is 2.24. The Bertz CT molecular complexity index is 277. The lowest BCUT2D eigenvalue weighted by molar-refractivity contribution is -0.143. The van der Waals surface area contributed by atoms with Gasteiger partial charge in [0.1, 0.15) is 6.04 Å². The number of carboxylic acid groups (broad SMARTS) is 1. The van der Waals surface area contributed by atoms with Gasteiger partial charge in [-0.05, 0) is 32.2 Å². The van der Waals surface area contributed by atoms with Crippen LogP contribution in [0.1, 0.15) is 45.4 Å². The molecule has 0 aromatic carbocycles. The van der Waals surface area contributed by atoms with E-state index in [4.69, 9.17) is 0 Å². The molecule has 104 valence electrons. The summed E-state index contributed by atoms with van der Waals surface area (Å²) in [6, 6.07) is 0.489. The lowest BCUT2D eigenvalue weighted by atomic mass is 10.2. The Kier molecular flexibility index (Phi) is 5.01. The van der Waals surface area contributed by atoms with Crippen LogP contribution in [0.4, 0.5) is 0 Å². The van der Waals surface area contributed by atoms with E-state index in [0.717, 1.165) is 38.6 Å². The van der Waals surface area contributed by atoms with Gasteiger partial charge < -0.3 is 5.11 Å². The van der Waals surface area contributed by atoms with Crippen molar-refractivity contribution in [2.75, 3.05) is 26.2 Å². The summed E-state index contributed by atoms with van der Waals surface area (Å²) in [5.41, 5.74) is 0. The van der Waals surface area contributed by atoms with E-state index in [1.807, 2.05) is 6.92 Å². The van der Waals surface area contributed by atoms with Crippen LogP contribution in [0, 0.1) is 0 Å². The summed E-state index contributed by atoms with van der Waals surface area (Å²) in [5.74, 6) is -0.660. The molecule has 1 heterocycles. The van der Waals surface area contributed by atoms with Crippen LogP contribution in [0.15, 0.2) is 0 Å². The Morgan fingerprint density at radius 3 is 2.50 bits per heavy atom. The molecule has 0 aromatic heterocycles. The van der Waals surface area contributed by atoms with E-state index >= 15 is 0 Å². The maximum absolute atomic E-state index is 11.2. The van der Waals surface area contributed by atoms with Gasteiger partial charge in [0.2, 0.25) is 0 Å². The standard InChI is InChI=1S/C14H26N2O2/c1-2-13(14(17)18)16-9-5-8-15(10-11-16)12-6-3-4-7-12/h12-13H,2-11H2,1H3,(H,17,18). The molecule has 0 aromatic rings. The molecule has 18 heavy (non-hydrogen) atoms. The van der Waals surface area contributed by atoms with Crippen LogP contribution < -0.4 is 0 Å². The number of carbonyl (C=O) groups is 1. The molecular formula is C14H26N2O2. The number of aliphatic carboxylic acids is 1. The summed E-state index contributed by atoms with van der Waals surface area (Å²) < 4.78 is 0. The third-order valence-electron chi connectivity index (χ3n) is 4.52. The van der Waals surface area contributed by atoms with Crippen molar-refractivity contribution in [1.29, 1.82) is 0 Å². The minimum Gasteiger partial charge on any atom is -0.480 e. The normalized spacial score (nSPS) is 26.1. The molecule has 1 aliphatic heterocycles. The van der Waals surface area contributed by atoms with Crippen LogP contribution >= 0.6 is 0 Å². The molecule has 4 heteroatoms. The summed E-state index contributed by atoms with van der Waals surface area (Å²) in [5, 5.41) is 9.24. The molecule has 0 bridgehead atoms. The fraction of sp³-hybridized carbons (Fsp3) is 0.929. The molecule has 4 nitrogen and oxygen atoms in total. The first-order valence-electron chi connectivity index (χ1n) is 7.43. The van der Waals surface area contributed by atoms with Gasteiger partial charge in [0.25, 0.3) is 0 Å². The van der Waals surface area contributed by atoms with Crippen LogP contribution in [-0.2, 0) is 4.79 Å². The van der Waals surface area contributed by atoms with Gasteiger partial charge in [-0.1, -0.05) is 19.8 Å². The zero-order chi connectivity index (χ0) is 13.0. The van der Waals surface area contributed by atoms with Crippen LogP contribution in [-0.4, -0.2) is 59.1 Å². The van der Waals surface area contributed by atoms with Gasteiger partial charge >= 0.3 is 5.97 Å². The van der Waals surface area contributed by atoms with Gasteiger partial charge in [0, 0.05) is 25.7 Å². The van der Waals surface area contributed by atoms with Crippen LogP contribution in [0.2, 0.25) is 0 Å². The maximum atomic E-state index is 11.2. The third-order valence-corrected chi connectivity index (χ3v) is 4.52. The molecular weight excluding hydrogens is 228 g/mol. The zero-order valence-corrected chi connectivity index (χ0v) is 11.5. The summed E-state index contributed by atoms with van der Waals surface area (Å²) in [6.45, 7) is 6.03. The first-order chi connectivity index (χ1) is 8.72. The van der Waals surface area contributed by atoms with Crippen molar-refractivity contribution in [3.8, 4) is 0 Å². The quantitative estimate of drug-likeness (QED) is 0.831. The molecule has 1 saturated carbocycles. The largest absolute Gasteiger partial charge is 0.480 e. The Labute approximate surface area is 110 Å². The van der Waals surface area contributed by atoms with Crippen molar-refractivity contribution < 1.29 is 9.90 Å². The summed E-state index contributed by atoms with van der Waals surface area (Å²) in [7, 11) is 0. The van der Waals surface area contributed by atoms with Gasteiger partial charge in [-0.25, -0.2) is 0 Å². The first-order valence-corrected chi connectivity index (χ1v) is 7.43. The third kappa shape index (κ3) is 3.23. The van der Waals surface area contributed by atoms with E-state index in [0.29, 0.717) is 6.42 Å². The first kappa shape index (κ1) is 13.8. The van der Waals surface area contributed by atoms with Crippen molar-refractivity contribution in [1.82, 2.24) is 9.80 Å². The predicted octanol–water partition coefficient (Wildman–Crippen LogP) is 1.80. The van der Waals surface area contributed by atoms with Crippen LogP contribution in [0.3, 0.4) is 0 Å². The Balaban J connectivity index is 1.89. The molecule has 2 rings (SSSR count). The topological polar surface area (TPSA) is 43.8 Å². The maximum Gasteiger partial charge on any atom is 0.320 e. The second-order valence-electron chi connectivity index (χ2n) is 5.63. The Morgan fingerprint density at radius 1 is 1.17 bits per heavy atom. The van der Waals surface area contributed by atoms with Crippen molar-refractivity contribution in [3.63, 3.8) is 0 Å². The predicted molar refractivity (Wildman–Crippen MR) is 71.7 cm³/mol. The highest BCUT2D eigenvalue weighted by Gasteiger charge is 2.29. The molecule has 0 amide bonds. The smallest absolute Gasteiger partial charge is 0.320 e. The van der Waals surface area contributed by atoms with E-state index in [1.54, 1.807) is 0 Å². The van der Waals surface area contributed by atoms with Crippen molar-refractivity contribution in [2.24, 2.45) is 0 Å². The number of carboxylic acids is 1. The monoisotopic (exact) mass is 254 g/mol. The van der Waals surface area contributed by atoms with Gasteiger partial charge in [-0.3, -0.25) is 14.6 Å². The van der Waals surface area contributed by atoms with Gasteiger partial charge in [0.05, 0.1) is 0 Å². The van der Waals surface area contributed by atoms with Gasteiger partial charge in [-0.15, -0.1) is 0 Å². The molecule has 0 spiro atoms. The van der Waals surface area contributed by atoms with Gasteiger partial charge in [-0.2, -0.15) is 0 Å². The van der Waals surface area contributed by atoms with Crippen molar-refractivity contribution in [3.05, 3.63) is 0 Å². The van der Waals surface area contributed by atoms with Crippen LogP contribution in [0.5, 0.6) is 0 Å². The second kappa shape index (κ2) is 6.53.